The van der Waals surface area contributed by atoms with Crippen LogP contribution in [0.4, 0.5) is 0 Å². The van der Waals surface area contributed by atoms with E-state index in [1.165, 1.54) is 0 Å². The molecule has 4 aromatic rings. The highest BCUT2D eigenvalue weighted by Gasteiger charge is 2.10. The molecule has 0 radical (unpaired) electrons. The first-order valence-electron chi connectivity index (χ1n) is 11.6. The van der Waals surface area contributed by atoms with Crippen LogP contribution in [0.1, 0.15) is 16.4 Å². The highest BCUT2D eigenvalue weighted by atomic mass is 127. The van der Waals surface area contributed by atoms with Crippen molar-refractivity contribution >= 4 is 44.4 Å². The molecule has 96 valence electrons. The summed E-state index contributed by atoms with van der Waals surface area (Å²) in [6.07, 6.45) is 0. The Bertz CT molecular complexity index is 1400. The number of fused-ring (bicyclic) bond motifs is 3. The lowest BCUT2D eigenvalue weighted by Gasteiger charge is -2.07. The number of aromatic nitrogens is 1. The van der Waals surface area contributed by atoms with Crippen molar-refractivity contribution in [2.75, 3.05) is 0 Å². The third-order valence-electron chi connectivity index (χ3n) is 2.84. The van der Waals surface area contributed by atoms with Crippen LogP contribution in [-0.2, 0) is 0 Å². The van der Waals surface area contributed by atoms with Crippen molar-refractivity contribution in [2.45, 2.75) is 0 Å². The van der Waals surface area contributed by atoms with Gasteiger partial charge in [-0.2, -0.15) is 0 Å². The topological polar surface area (TPSA) is 4.93 Å². The fourth-order valence-corrected chi connectivity index (χ4v) is 2.46. The summed E-state index contributed by atoms with van der Waals surface area (Å²) in [5, 5.41) is -0.346. The average molecular weight is 381 g/mol. The van der Waals surface area contributed by atoms with Crippen molar-refractivity contribution in [2.24, 2.45) is 0 Å². The fourth-order valence-electron chi connectivity index (χ4n) is 2.07. The highest BCUT2D eigenvalue weighted by Crippen LogP contribution is 2.31. The second-order valence-corrected chi connectivity index (χ2v) is 5.02. The molecule has 2 heteroatoms. The summed E-state index contributed by atoms with van der Waals surface area (Å²) in [4.78, 5) is 0. The molecule has 3 aromatic carbocycles. The van der Waals surface area contributed by atoms with Crippen molar-refractivity contribution in [3.63, 3.8) is 0 Å². The van der Waals surface area contributed by atoms with Crippen molar-refractivity contribution in [1.29, 1.82) is 0 Å². The molecule has 0 unspecified atom stereocenters. The lowest BCUT2D eigenvalue weighted by Crippen LogP contribution is -1.93. The maximum atomic E-state index is 8.50. The zero-order valence-electron chi connectivity index (χ0n) is 21.8. The molecule has 0 aliphatic carbocycles. The summed E-state index contributed by atoms with van der Waals surface area (Å²) in [7, 11) is 0. The molecule has 20 heavy (non-hydrogen) atoms. The van der Waals surface area contributed by atoms with Gasteiger partial charge < -0.3 is 4.57 Å². The monoisotopic (exact) mass is 381 g/mol. The summed E-state index contributed by atoms with van der Waals surface area (Å²) < 4.78 is 99.9. The van der Waals surface area contributed by atoms with E-state index in [1.807, 2.05) is 0 Å². The van der Waals surface area contributed by atoms with E-state index in [0.29, 0.717) is 0 Å². The number of benzene rings is 3. The number of hydrogen-bond acceptors (Lipinski definition) is 0. The maximum absolute atomic E-state index is 8.50. The molecule has 0 bridgehead atoms. The van der Waals surface area contributed by atoms with Crippen LogP contribution in [0, 0.1) is 3.57 Å². The summed E-state index contributed by atoms with van der Waals surface area (Å²) in [5.41, 5.74) is -0.758. The van der Waals surface area contributed by atoms with Crippen LogP contribution in [0.5, 0.6) is 0 Å². The van der Waals surface area contributed by atoms with Crippen LogP contribution >= 0.6 is 22.6 Å². The highest BCUT2D eigenvalue weighted by molar-refractivity contribution is 14.1. The lowest BCUT2D eigenvalue weighted by molar-refractivity contribution is 1.18. The van der Waals surface area contributed by atoms with E-state index < -0.39 is 60.4 Å². The molecule has 0 amide bonds. The van der Waals surface area contributed by atoms with E-state index in [4.69, 9.17) is 16.4 Å². The van der Waals surface area contributed by atoms with Gasteiger partial charge in [0.05, 0.1) is 27.5 Å². The minimum atomic E-state index is -0.613. The van der Waals surface area contributed by atoms with Gasteiger partial charge in [0.25, 0.3) is 0 Å². The largest absolute Gasteiger partial charge is 0.309 e. The Labute approximate surface area is 147 Å². The summed E-state index contributed by atoms with van der Waals surface area (Å²) in [5.74, 6) is 0. The van der Waals surface area contributed by atoms with E-state index in [-0.39, 0.29) is 43.1 Å². The van der Waals surface area contributed by atoms with E-state index >= 15 is 0 Å². The van der Waals surface area contributed by atoms with Gasteiger partial charge in [-0.05, 0) is 52.8 Å². The molecule has 0 spiro atoms. The van der Waals surface area contributed by atoms with Crippen molar-refractivity contribution in [3.8, 4) is 5.69 Å². The minimum absolute atomic E-state index is 0.0234. The molecule has 0 fully saturated rings. The Morgan fingerprint density at radius 2 is 1.35 bits per heavy atom. The van der Waals surface area contributed by atoms with Gasteiger partial charge in [-0.25, -0.2) is 0 Å². The van der Waals surface area contributed by atoms with E-state index in [1.54, 1.807) is 22.6 Å². The van der Waals surface area contributed by atoms with Crippen LogP contribution < -0.4 is 0 Å². The Balaban J connectivity index is 2.50. The first kappa shape index (κ1) is 4.88. The van der Waals surface area contributed by atoms with Gasteiger partial charge in [-0.1, -0.05) is 42.3 Å². The first-order chi connectivity index (χ1) is 14.8. The summed E-state index contributed by atoms with van der Waals surface area (Å²) >= 11 is 1.67. The quantitative estimate of drug-likeness (QED) is 0.390. The molecule has 0 saturated heterocycles. The molecule has 0 saturated carbocycles. The van der Waals surface area contributed by atoms with Gasteiger partial charge in [-0.3, -0.25) is 0 Å². The molecule has 1 heterocycles. The van der Waals surface area contributed by atoms with Crippen LogP contribution in [-0.4, -0.2) is 4.57 Å². The maximum Gasteiger partial charge on any atom is 0.0656 e. The van der Waals surface area contributed by atoms with Gasteiger partial charge in [0.15, 0.2) is 0 Å². The first-order valence-corrected chi connectivity index (χ1v) is 6.69. The predicted molar refractivity (Wildman–Crippen MR) is 93.5 cm³/mol. The molecule has 0 aliphatic rings. The van der Waals surface area contributed by atoms with E-state index in [0.717, 1.165) is 4.57 Å². The zero-order chi connectivity index (χ0) is 24.0. The predicted octanol–water partition coefficient (Wildman–Crippen LogP) is 5.39. The van der Waals surface area contributed by atoms with E-state index in [9.17, 15) is 0 Å². The van der Waals surface area contributed by atoms with E-state index in [2.05, 4.69) is 0 Å². The van der Waals surface area contributed by atoms with Crippen LogP contribution in [0.3, 0.4) is 0 Å². The molecule has 0 aliphatic heterocycles. The van der Waals surface area contributed by atoms with Crippen LogP contribution in [0.25, 0.3) is 27.5 Å². The third kappa shape index (κ3) is 1.75. The van der Waals surface area contributed by atoms with Gasteiger partial charge >= 0.3 is 0 Å². The zero-order valence-corrected chi connectivity index (χ0v) is 12.0. The molecule has 0 N–H and O–H groups in total. The standard InChI is InChI=1S/C18H12IN/c19-13-6-5-7-14(12-13)20-17-10-3-1-8-15(17)16-9-2-4-11-18(16)20/h1-12H/i1D,2D,3D,4D,5D,6D,7D,8D,9D,10D,11D,12D. The number of para-hydroxylation sites is 2. The van der Waals surface area contributed by atoms with Gasteiger partial charge in [-0.15, -0.1) is 0 Å². The molecule has 1 nitrogen and oxygen atoms in total. The number of halogens is 1. The number of nitrogens with zero attached hydrogens (tertiary/aromatic N) is 1. The SMILES string of the molecule is [2H]c1c([2H])c(I)c([2H])c(-n2c3c([2H])c([2H])c([2H])c([2H])c3c3c([2H])c([2H])c([2H])c([2H])c32)c1[2H]. The Kier molecular flexibility index (Phi) is 1.13. The summed E-state index contributed by atoms with van der Waals surface area (Å²) in [6, 6.07) is -6.37. The van der Waals surface area contributed by atoms with Gasteiger partial charge in [0, 0.05) is 20.0 Å². The Morgan fingerprint density at radius 1 is 0.750 bits per heavy atom. The van der Waals surface area contributed by atoms with Crippen LogP contribution in [0.2, 0.25) is 0 Å². The molecule has 4 rings (SSSR count). The number of hydrogen-bond donors (Lipinski definition) is 0. The normalized spacial score (nSPS) is 19.6. The molecular weight excluding hydrogens is 357 g/mol. The average Bonchev–Trinajstić information content (AvgIpc) is 3.12. The molecule has 1 aromatic heterocycles. The Hall–Kier alpha value is -1.81. The van der Waals surface area contributed by atoms with Gasteiger partial charge in [0.1, 0.15) is 0 Å². The fraction of sp³-hybridized carbons (Fsp3) is 0. The minimum Gasteiger partial charge on any atom is -0.309 e. The summed E-state index contributed by atoms with van der Waals surface area (Å²) in [6.45, 7) is 0. The second kappa shape index (κ2) is 4.63. The Morgan fingerprint density at radius 3 is 2.00 bits per heavy atom. The molecular formula is C18H12IN. The lowest BCUT2D eigenvalue weighted by atomic mass is 10.2. The van der Waals surface area contributed by atoms with Crippen LogP contribution in [0.15, 0.2) is 72.5 Å². The van der Waals surface area contributed by atoms with Crippen molar-refractivity contribution in [1.82, 2.24) is 4.57 Å². The number of rotatable bonds is 1. The molecule has 0 atom stereocenters. The van der Waals surface area contributed by atoms with Gasteiger partial charge in [0.2, 0.25) is 0 Å². The van der Waals surface area contributed by atoms with Crippen molar-refractivity contribution in [3.05, 3.63) is 76.1 Å². The third-order valence-corrected chi connectivity index (χ3v) is 3.38. The van der Waals surface area contributed by atoms with Crippen molar-refractivity contribution < 1.29 is 16.4 Å². The second-order valence-electron chi connectivity index (χ2n) is 3.95. The smallest absolute Gasteiger partial charge is 0.0656 e.